The average molecular weight is 453 g/mol. The van der Waals surface area contributed by atoms with Gasteiger partial charge in [0.15, 0.2) is 5.11 Å². The summed E-state index contributed by atoms with van der Waals surface area (Å²) in [5, 5.41) is 9.10. The zero-order chi connectivity index (χ0) is 21.8. The number of rotatable bonds is 7. The molecule has 2 N–H and O–H groups in total. The molecule has 1 amide bonds. The van der Waals surface area contributed by atoms with Gasteiger partial charge in [-0.25, -0.2) is 0 Å². The molecule has 1 aromatic carbocycles. The maximum absolute atomic E-state index is 12.7. The number of benzene rings is 1. The van der Waals surface area contributed by atoms with Crippen LogP contribution in [0.5, 0.6) is 5.75 Å². The topological polar surface area (TPSA) is 66.5 Å². The van der Waals surface area contributed by atoms with Crippen LogP contribution in [-0.2, 0) is 4.79 Å². The highest BCUT2D eigenvalue weighted by Gasteiger charge is 2.40. The smallest absolute Gasteiger partial charge is 0.226 e. The Kier molecular flexibility index (Phi) is 6.48. The van der Waals surface area contributed by atoms with E-state index >= 15 is 0 Å². The lowest BCUT2D eigenvalue weighted by atomic mass is 10.0. The lowest BCUT2D eigenvalue weighted by molar-refractivity contribution is -0.116. The number of aromatic nitrogens is 1. The molecule has 1 fully saturated rings. The first-order valence-electron chi connectivity index (χ1n) is 10.0. The van der Waals surface area contributed by atoms with Gasteiger partial charge in [-0.15, -0.1) is 11.3 Å². The number of methoxy groups -OCH3 is 1. The Morgan fingerprint density at radius 2 is 2.06 bits per heavy atom. The molecular formula is C23H24N4O2S2. The molecule has 2 aromatic heterocycles. The molecule has 1 aliphatic rings. The molecule has 0 saturated carbocycles. The van der Waals surface area contributed by atoms with E-state index in [2.05, 4.69) is 38.9 Å². The normalized spacial score (nSPS) is 18.0. The van der Waals surface area contributed by atoms with E-state index in [0.717, 1.165) is 5.69 Å². The van der Waals surface area contributed by atoms with Crippen LogP contribution in [0.1, 0.15) is 34.6 Å². The van der Waals surface area contributed by atoms with Crippen molar-refractivity contribution in [2.45, 2.75) is 25.4 Å². The molecule has 6 nitrogen and oxygen atoms in total. The Bertz CT molecular complexity index is 1070. The number of thiophene rings is 1. The van der Waals surface area contributed by atoms with Gasteiger partial charge in [0.2, 0.25) is 5.91 Å². The van der Waals surface area contributed by atoms with E-state index in [4.69, 9.17) is 17.0 Å². The number of carbonyl (C=O) groups excluding carboxylic acids is 1. The number of anilines is 1. The van der Waals surface area contributed by atoms with Crippen LogP contribution < -0.4 is 15.4 Å². The van der Waals surface area contributed by atoms with Crippen molar-refractivity contribution in [3.8, 4) is 5.75 Å². The summed E-state index contributed by atoms with van der Waals surface area (Å²) in [6.07, 6.45) is 2.09. The number of hydrogen-bond acceptors (Lipinski definition) is 5. The first-order valence-corrected chi connectivity index (χ1v) is 11.3. The minimum atomic E-state index is -0.0877. The second-order valence-electron chi connectivity index (χ2n) is 7.29. The summed E-state index contributed by atoms with van der Waals surface area (Å²) in [5.41, 5.74) is 2.81. The van der Waals surface area contributed by atoms with Gasteiger partial charge in [0, 0.05) is 24.0 Å². The van der Waals surface area contributed by atoms with Crippen LogP contribution in [-0.4, -0.2) is 34.6 Å². The Hall–Kier alpha value is -2.97. The van der Waals surface area contributed by atoms with Crippen molar-refractivity contribution in [2.75, 3.05) is 19.0 Å². The molecular weight excluding hydrogens is 428 g/mol. The molecule has 0 bridgehead atoms. The molecule has 3 heterocycles. The molecule has 2 atom stereocenters. The molecule has 8 heteroatoms. The summed E-state index contributed by atoms with van der Waals surface area (Å²) >= 11 is 7.38. The Balaban J connectivity index is 1.53. The Labute approximate surface area is 191 Å². The second-order valence-corrected chi connectivity index (χ2v) is 8.62. The van der Waals surface area contributed by atoms with Crippen molar-refractivity contribution in [3.05, 3.63) is 76.2 Å². The second kappa shape index (κ2) is 9.45. The van der Waals surface area contributed by atoms with Crippen molar-refractivity contribution < 1.29 is 9.53 Å². The summed E-state index contributed by atoms with van der Waals surface area (Å²) in [6.45, 7) is 2.60. The summed E-state index contributed by atoms with van der Waals surface area (Å²) in [5.74, 6) is 0.548. The van der Waals surface area contributed by atoms with Crippen LogP contribution in [0.2, 0.25) is 0 Å². The van der Waals surface area contributed by atoms with Gasteiger partial charge in [0.1, 0.15) is 5.75 Å². The van der Waals surface area contributed by atoms with Gasteiger partial charge in [0.25, 0.3) is 0 Å². The van der Waals surface area contributed by atoms with Gasteiger partial charge in [-0.2, -0.15) is 0 Å². The Morgan fingerprint density at radius 1 is 1.26 bits per heavy atom. The molecule has 3 aromatic rings. The van der Waals surface area contributed by atoms with E-state index in [9.17, 15) is 4.79 Å². The molecule has 4 rings (SSSR count). The number of carbonyl (C=O) groups is 1. The number of nitrogens with zero attached hydrogens (tertiary/aromatic N) is 2. The highest BCUT2D eigenvalue weighted by molar-refractivity contribution is 7.80. The average Bonchev–Trinajstić information content (AvgIpc) is 3.35. The molecule has 31 heavy (non-hydrogen) atoms. The summed E-state index contributed by atoms with van der Waals surface area (Å²) in [6, 6.07) is 15.3. The number of hydrogen-bond donors (Lipinski definition) is 2. The van der Waals surface area contributed by atoms with Crippen LogP contribution in [0.15, 0.2) is 60.1 Å². The molecule has 1 aliphatic heterocycles. The van der Waals surface area contributed by atoms with Gasteiger partial charge in [0.05, 0.1) is 30.6 Å². The number of para-hydroxylation sites is 2. The van der Waals surface area contributed by atoms with E-state index in [0.29, 0.717) is 29.5 Å². The summed E-state index contributed by atoms with van der Waals surface area (Å²) in [7, 11) is 1.59. The van der Waals surface area contributed by atoms with Crippen molar-refractivity contribution in [2.24, 2.45) is 0 Å². The number of amides is 1. The van der Waals surface area contributed by atoms with E-state index in [1.807, 2.05) is 42.5 Å². The van der Waals surface area contributed by atoms with Crippen LogP contribution >= 0.6 is 23.6 Å². The fourth-order valence-corrected chi connectivity index (χ4v) is 5.21. The fourth-order valence-electron chi connectivity index (χ4n) is 3.80. The quantitative estimate of drug-likeness (QED) is 0.516. The van der Waals surface area contributed by atoms with Crippen molar-refractivity contribution in [1.82, 2.24) is 15.2 Å². The number of ether oxygens (including phenoxy) is 1. The SMILES string of the molecule is COc1ccccc1NC(=O)CCN1C(=S)NC(c2ccccn2)C1c1sccc1C. The highest BCUT2D eigenvalue weighted by atomic mass is 32.1. The van der Waals surface area contributed by atoms with Gasteiger partial charge in [-0.1, -0.05) is 18.2 Å². The largest absolute Gasteiger partial charge is 0.495 e. The fraction of sp³-hybridized carbons (Fsp3) is 0.261. The Morgan fingerprint density at radius 3 is 2.77 bits per heavy atom. The number of thiocarbonyl (C=S) groups is 1. The third-order valence-electron chi connectivity index (χ3n) is 5.33. The molecule has 2 unspecified atom stereocenters. The predicted octanol–water partition coefficient (Wildman–Crippen LogP) is 4.46. The van der Waals surface area contributed by atoms with E-state index in [1.54, 1.807) is 24.6 Å². The summed E-state index contributed by atoms with van der Waals surface area (Å²) < 4.78 is 5.32. The predicted molar refractivity (Wildman–Crippen MR) is 127 cm³/mol. The third kappa shape index (κ3) is 4.55. The van der Waals surface area contributed by atoms with Gasteiger partial charge >= 0.3 is 0 Å². The molecule has 1 saturated heterocycles. The third-order valence-corrected chi connectivity index (χ3v) is 6.77. The van der Waals surface area contributed by atoms with Gasteiger partial charge in [-0.05, 0) is 60.4 Å². The summed E-state index contributed by atoms with van der Waals surface area (Å²) in [4.78, 5) is 20.6. The van der Waals surface area contributed by atoms with Crippen LogP contribution in [0.25, 0.3) is 0 Å². The monoisotopic (exact) mass is 452 g/mol. The van der Waals surface area contributed by atoms with Gasteiger partial charge in [-0.3, -0.25) is 9.78 Å². The maximum Gasteiger partial charge on any atom is 0.226 e. The van der Waals surface area contributed by atoms with Crippen molar-refractivity contribution in [3.63, 3.8) is 0 Å². The van der Waals surface area contributed by atoms with E-state index in [-0.39, 0.29) is 18.0 Å². The zero-order valence-electron chi connectivity index (χ0n) is 17.4. The molecule has 0 aliphatic carbocycles. The first-order chi connectivity index (χ1) is 15.1. The van der Waals surface area contributed by atoms with E-state index < -0.39 is 0 Å². The lowest BCUT2D eigenvalue weighted by Crippen LogP contribution is -2.32. The van der Waals surface area contributed by atoms with Gasteiger partial charge < -0.3 is 20.3 Å². The van der Waals surface area contributed by atoms with Crippen LogP contribution in [0.3, 0.4) is 0 Å². The van der Waals surface area contributed by atoms with Crippen molar-refractivity contribution >= 4 is 40.3 Å². The minimum absolute atomic E-state index is 0.0125. The molecule has 160 valence electrons. The van der Waals surface area contributed by atoms with Crippen LogP contribution in [0.4, 0.5) is 5.69 Å². The lowest BCUT2D eigenvalue weighted by Gasteiger charge is -2.27. The number of pyridine rings is 1. The standard InChI is InChI=1S/C23H24N4O2S2/c1-15-11-14-31-22(15)21-20(17-8-5-6-12-24-17)26-23(30)27(21)13-10-19(28)25-16-7-3-4-9-18(16)29-2/h3-9,11-12,14,20-21H,10,13H2,1-2H3,(H,25,28)(H,26,30). The van der Waals surface area contributed by atoms with E-state index in [1.165, 1.54) is 10.4 Å². The maximum atomic E-state index is 12.7. The zero-order valence-corrected chi connectivity index (χ0v) is 19.0. The number of nitrogens with one attached hydrogen (secondary N) is 2. The minimum Gasteiger partial charge on any atom is -0.495 e. The first kappa shape index (κ1) is 21.3. The number of aryl methyl sites for hydroxylation is 1. The molecule has 0 spiro atoms. The highest BCUT2D eigenvalue weighted by Crippen LogP contribution is 2.42. The molecule has 0 radical (unpaired) electrons. The van der Waals surface area contributed by atoms with Crippen molar-refractivity contribution in [1.29, 1.82) is 0 Å². The van der Waals surface area contributed by atoms with Crippen LogP contribution in [0, 0.1) is 6.92 Å².